The molecule has 0 aromatic heterocycles. The number of rotatable bonds is 7. The Morgan fingerprint density at radius 3 is 2.59 bits per heavy atom. The molecular weight excluding hydrogens is 372 g/mol. The Morgan fingerprint density at radius 2 is 1.89 bits per heavy atom. The van der Waals surface area contributed by atoms with Crippen LogP contribution in [0.1, 0.15) is 15.9 Å². The second-order valence-corrected chi connectivity index (χ2v) is 6.02. The van der Waals surface area contributed by atoms with E-state index in [1.54, 1.807) is 49.4 Å². The summed E-state index contributed by atoms with van der Waals surface area (Å²) in [5.74, 6) is -1.14. The van der Waals surface area contributed by atoms with Crippen LogP contribution in [0.2, 0.25) is 5.02 Å². The molecule has 0 saturated carbocycles. The first-order valence-electron chi connectivity index (χ1n) is 8.03. The average molecular weight is 391 g/mol. The number of anilines is 1. The van der Waals surface area contributed by atoms with E-state index in [1.165, 1.54) is 7.11 Å². The van der Waals surface area contributed by atoms with Crippen molar-refractivity contribution in [1.29, 1.82) is 0 Å². The summed E-state index contributed by atoms with van der Waals surface area (Å²) in [5.41, 5.74) is 1.71. The largest absolute Gasteiger partial charge is 0.497 e. The minimum Gasteiger partial charge on any atom is -0.497 e. The quantitative estimate of drug-likeness (QED) is 0.709. The monoisotopic (exact) mass is 390 g/mol. The molecule has 0 saturated heterocycles. The fourth-order valence-electron chi connectivity index (χ4n) is 2.17. The number of hydrogen-bond donors (Lipinski definition) is 2. The number of halogens is 1. The van der Waals surface area contributed by atoms with Crippen LogP contribution in [0.5, 0.6) is 5.75 Å². The number of esters is 1. The van der Waals surface area contributed by atoms with Gasteiger partial charge in [0.25, 0.3) is 11.8 Å². The van der Waals surface area contributed by atoms with Crippen molar-refractivity contribution in [3.8, 4) is 5.75 Å². The number of ether oxygens (including phenoxy) is 2. The molecule has 0 bridgehead atoms. The van der Waals surface area contributed by atoms with Crippen LogP contribution >= 0.6 is 11.6 Å². The average Bonchev–Trinajstić information content (AvgIpc) is 2.66. The first-order chi connectivity index (χ1) is 12.9. The van der Waals surface area contributed by atoms with E-state index in [1.807, 2.05) is 0 Å². The van der Waals surface area contributed by atoms with Gasteiger partial charge in [-0.3, -0.25) is 14.4 Å². The van der Waals surface area contributed by atoms with Gasteiger partial charge in [0.1, 0.15) is 12.3 Å². The maximum atomic E-state index is 12.0. The normalized spacial score (nSPS) is 10.0. The second kappa shape index (κ2) is 9.59. The van der Waals surface area contributed by atoms with Crippen molar-refractivity contribution in [3.63, 3.8) is 0 Å². The number of amides is 2. The van der Waals surface area contributed by atoms with Gasteiger partial charge in [0.15, 0.2) is 6.61 Å². The molecule has 0 aliphatic rings. The Labute approximate surface area is 161 Å². The summed E-state index contributed by atoms with van der Waals surface area (Å²) >= 11 is 5.85. The van der Waals surface area contributed by atoms with E-state index < -0.39 is 24.4 Å². The molecular formula is C19H19ClN2O5. The van der Waals surface area contributed by atoms with Crippen molar-refractivity contribution < 1.29 is 23.9 Å². The fourth-order valence-corrected chi connectivity index (χ4v) is 2.40. The van der Waals surface area contributed by atoms with Crippen molar-refractivity contribution in [3.05, 3.63) is 58.6 Å². The van der Waals surface area contributed by atoms with Crippen molar-refractivity contribution in [1.82, 2.24) is 5.32 Å². The zero-order valence-corrected chi connectivity index (χ0v) is 15.6. The smallest absolute Gasteiger partial charge is 0.325 e. The lowest BCUT2D eigenvalue weighted by molar-refractivity contribution is -0.146. The van der Waals surface area contributed by atoms with Gasteiger partial charge in [-0.25, -0.2) is 0 Å². The highest BCUT2D eigenvalue weighted by Crippen LogP contribution is 2.19. The predicted molar refractivity (Wildman–Crippen MR) is 101 cm³/mol. The van der Waals surface area contributed by atoms with Crippen LogP contribution in [0.4, 0.5) is 5.69 Å². The Morgan fingerprint density at radius 1 is 1.11 bits per heavy atom. The van der Waals surface area contributed by atoms with Crippen molar-refractivity contribution >= 4 is 35.1 Å². The van der Waals surface area contributed by atoms with Crippen LogP contribution < -0.4 is 15.4 Å². The molecule has 2 aromatic rings. The third-order valence-electron chi connectivity index (χ3n) is 3.55. The summed E-state index contributed by atoms with van der Waals surface area (Å²) in [6, 6.07) is 11.5. The summed E-state index contributed by atoms with van der Waals surface area (Å²) in [6.45, 7) is 0.973. The number of carbonyl (C=O) groups is 3. The van der Waals surface area contributed by atoms with Gasteiger partial charge < -0.3 is 20.1 Å². The van der Waals surface area contributed by atoms with Crippen LogP contribution in [0.25, 0.3) is 0 Å². The summed E-state index contributed by atoms with van der Waals surface area (Å²) in [6.07, 6.45) is 0. The summed E-state index contributed by atoms with van der Waals surface area (Å²) in [5, 5.41) is 5.60. The molecule has 0 unspecified atom stereocenters. The molecule has 2 aromatic carbocycles. The predicted octanol–water partition coefficient (Wildman–Crippen LogP) is 2.57. The number of methoxy groups -OCH3 is 1. The molecule has 0 aliphatic carbocycles. The molecule has 8 heteroatoms. The Hall–Kier alpha value is -3.06. The molecule has 0 radical (unpaired) electrons. The number of carbonyl (C=O) groups excluding carboxylic acids is 3. The van der Waals surface area contributed by atoms with E-state index in [0.29, 0.717) is 22.0 Å². The van der Waals surface area contributed by atoms with Crippen LogP contribution in [-0.4, -0.2) is 38.0 Å². The maximum Gasteiger partial charge on any atom is 0.325 e. The number of benzene rings is 2. The molecule has 0 fully saturated rings. The summed E-state index contributed by atoms with van der Waals surface area (Å²) in [4.78, 5) is 35.6. The highest BCUT2D eigenvalue weighted by Gasteiger charge is 2.12. The molecule has 2 amide bonds. The van der Waals surface area contributed by atoms with Gasteiger partial charge in [-0.15, -0.1) is 0 Å². The van der Waals surface area contributed by atoms with Crippen molar-refractivity contribution in [2.45, 2.75) is 6.92 Å². The van der Waals surface area contributed by atoms with Gasteiger partial charge in [0, 0.05) is 16.3 Å². The number of aryl methyl sites for hydroxylation is 1. The zero-order chi connectivity index (χ0) is 19.8. The molecule has 7 nitrogen and oxygen atoms in total. The van der Waals surface area contributed by atoms with Crippen LogP contribution in [0.3, 0.4) is 0 Å². The lowest BCUT2D eigenvalue weighted by atomic mass is 10.2. The van der Waals surface area contributed by atoms with E-state index in [9.17, 15) is 14.4 Å². The third kappa shape index (κ3) is 6.31. The highest BCUT2D eigenvalue weighted by atomic mass is 35.5. The number of nitrogens with one attached hydrogen (secondary N) is 2. The molecule has 0 atom stereocenters. The van der Waals surface area contributed by atoms with Crippen LogP contribution in [0, 0.1) is 6.92 Å². The van der Waals surface area contributed by atoms with Crippen molar-refractivity contribution in [2.75, 3.05) is 25.6 Å². The Kier molecular flexibility index (Phi) is 7.19. The lowest BCUT2D eigenvalue weighted by Crippen LogP contribution is -2.32. The van der Waals surface area contributed by atoms with Gasteiger partial charge in [-0.05, 0) is 48.9 Å². The van der Waals surface area contributed by atoms with E-state index in [2.05, 4.69) is 10.6 Å². The van der Waals surface area contributed by atoms with Gasteiger partial charge in [0.05, 0.1) is 7.11 Å². The Bertz CT molecular complexity index is 854. The van der Waals surface area contributed by atoms with Crippen molar-refractivity contribution in [2.24, 2.45) is 0 Å². The van der Waals surface area contributed by atoms with E-state index >= 15 is 0 Å². The lowest BCUT2D eigenvalue weighted by Gasteiger charge is -2.10. The van der Waals surface area contributed by atoms with Gasteiger partial charge in [0.2, 0.25) is 0 Å². The first kappa shape index (κ1) is 20.3. The molecule has 2 rings (SSSR count). The fraction of sp³-hybridized carbons (Fsp3) is 0.211. The molecule has 27 heavy (non-hydrogen) atoms. The standard InChI is InChI=1S/C19H19ClN2O5/c1-12-8-14(20)6-7-16(12)22-17(23)11-27-18(24)10-21-19(25)13-4-3-5-15(9-13)26-2/h3-9H,10-11H2,1-2H3,(H,21,25)(H,22,23). The second-order valence-electron chi connectivity index (χ2n) is 5.58. The molecule has 142 valence electrons. The minimum atomic E-state index is -0.728. The molecule has 0 spiro atoms. The topological polar surface area (TPSA) is 93.7 Å². The molecule has 2 N–H and O–H groups in total. The third-order valence-corrected chi connectivity index (χ3v) is 3.79. The summed E-state index contributed by atoms with van der Waals surface area (Å²) in [7, 11) is 1.49. The summed E-state index contributed by atoms with van der Waals surface area (Å²) < 4.78 is 9.89. The minimum absolute atomic E-state index is 0.345. The molecule has 0 aliphatic heterocycles. The highest BCUT2D eigenvalue weighted by molar-refractivity contribution is 6.30. The Balaban J connectivity index is 1.76. The van der Waals surface area contributed by atoms with Gasteiger partial charge in [-0.2, -0.15) is 0 Å². The van der Waals surface area contributed by atoms with Crippen LogP contribution in [0.15, 0.2) is 42.5 Å². The SMILES string of the molecule is COc1cccc(C(=O)NCC(=O)OCC(=O)Nc2ccc(Cl)cc2C)c1. The first-order valence-corrected chi connectivity index (χ1v) is 8.40. The van der Waals surface area contributed by atoms with Crippen LogP contribution in [-0.2, 0) is 14.3 Å². The van der Waals surface area contributed by atoms with Gasteiger partial charge >= 0.3 is 5.97 Å². The van der Waals surface area contributed by atoms with Gasteiger partial charge in [-0.1, -0.05) is 17.7 Å². The van der Waals surface area contributed by atoms with E-state index in [4.69, 9.17) is 21.1 Å². The van der Waals surface area contributed by atoms with E-state index in [-0.39, 0.29) is 6.54 Å². The zero-order valence-electron chi connectivity index (χ0n) is 14.9. The molecule has 0 heterocycles. The maximum absolute atomic E-state index is 12.0. The number of hydrogen-bond acceptors (Lipinski definition) is 5. The van der Waals surface area contributed by atoms with E-state index in [0.717, 1.165) is 5.56 Å².